The van der Waals surface area contributed by atoms with Gasteiger partial charge in [-0.05, 0) is 36.6 Å². The van der Waals surface area contributed by atoms with E-state index in [0.717, 1.165) is 15.8 Å². The third kappa shape index (κ3) is 3.04. The van der Waals surface area contributed by atoms with Gasteiger partial charge in [-0.2, -0.15) is 0 Å². The lowest BCUT2D eigenvalue weighted by Crippen LogP contribution is -2.07. The van der Waals surface area contributed by atoms with Gasteiger partial charge in [0.2, 0.25) is 5.89 Å². The monoisotopic (exact) mass is 350 g/mol. The van der Waals surface area contributed by atoms with Crippen LogP contribution >= 0.6 is 11.3 Å². The molecule has 6 heteroatoms. The number of aromatic nitrogens is 2. The fraction of sp³-hybridized carbons (Fsp3) is 0.105. The van der Waals surface area contributed by atoms with E-state index >= 15 is 0 Å². The van der Waals surface area contributed by atoms with E-state index in [1.807, 2.05) is 36.6 Å². The van der Waals surface area contributed by atoms with Gasteiger partial charge >= 0.3 is 5.97 Å². The van der Waals surface area contributed by atoms with Crippen LogP contribution < -0.4 is 0 Å². The maximum atomic E-state index is 12.5. The minimum atomic E-state index is -0.404. The highest BCUT2D eigenvalue weighted by Gasteiger charge is 2.16. The summed E-state index contributed by atoms with van der Waals surface area (Å²) in [6, 6.07) is 12.9. The summed E-state index contributed by atoms with van der Waals surface area (Å²) in [5.41, 5.74) is 1.87. The number of aryl methyl sites for hydroxylation is 1. The number of pyridine rings is 1. The van der Waals surface area contributed by atoms with Crippen LogP contribution in [0.2, 0.25) is 0 Å². The number of fused-ring (bicyclic) bond motifs is 1. The highest BCUT2D eigenvalue weighted by molar-refractivity contribution is 7.13. The molecule has 0 spiro atoms. The molecule has 1 aromatic carbocycles. The van der Waals surface area contributed by atoms with Gasteiger partial charge in [-0.3, -0.25) is 4.98 Å². The third-order valence-corrected chi connectivity index (χ3v) is 4.69. The molecule has 0 bridgehead atoms. The molecule has 0 amide bonds. The van der Waals surface area contributed by atoms with Crippen LogP contribution in [0.4, 0.5) is 0 Å². The molecule has 0 saturated carbocycles. The second-order valence-electron chi connectivity index (χ2n) is 5.45. The Morgan fingerprint density at radius 1 is 1.20 bits per heavy atom. The number of hydrogen-bond acceptors (Lipinski definition) is 6. The first-order valence-electron chi connectivity index (χ1n) is 7.73. The minimum Gasteiger partial charge on any atom is -0.455 e. The lowest BCUT2D eigenvalue weighted by Gasteiger charge is -2.06. The highest BCUT2D eigenvalue weighted by atomic mass is 32.1. The molecule has 0 unspecified atom stereocenters. The molecule has 5 nitrogen and oxygen atoms in total. The van der Waals surface area contributed by atoms with E-state index in [1.54, 1.807) is 35.7 Å². The number of carbonyl (C=O) groups excluding carboxylic acids is 1. The van der Waals surface area contributed by atoms with Gasteiger partial charge in [-0.25, -0.2) is 9.78 Å². The minimum absolute atomic E-state index is 0.0657. The topological polar surface area (TPSA) is 65.2 Å². The summed E-state index contributed by atoms with van der Waals surface area (Å²) in [7, 11) is 0. The normalized spacial score (nSPS) is 10.9. The largest absolute Gasteiger partial charge is 0.455 e. The van der Waals surface area contributed by atoms with Gasteiger partial charge in [0.05, 0.1) is 16.0 Å². The van der Waals surface area contributed by atoms with Crippen LogP contribution in [0.1, 0.15) is 21.8 Å². The predicted octanol–water partition coefficient (Wildman–Crippen LogP) is 4.62. The smallest absolute Gasteiger partial charge is 0.339 e. The maximum absolute atomic E-state index is 12.5. The van der Waals surface area contributed by atoms with E-state index < -0.39 is 5.97 Å². The van der Waals surface area contributed by atoms with Crippen LogP contribution in [-0.4, -0.2) is 15.9 Å². The average Bonchev–Trinajstić information content (AvgIpc) is 3.29. The maximum Gasteiger partial charge on any atom is 0.339 e. The number of thiophene rings is 1. The molecule has 0 aliphatic heterocycles. The molecule has 0 saturated heterocycles. The van der Waals surface area contributed by atoms with E-state index in [2.05, 4.69) is 9.97 Å². The Bertz CT molecular complexity index is 1030. The molecule has 124 valence electrons. The van der Waals surface area contributed by atoms with Crippen molar-refractivity contribution in [1.29, 1.82) is 0 Å². The number of rotatable bonds is 4. The Morgan fingerprint density at radius 2 is 2.12 bits per heavy atom. The first kappa shape index (κ1) is 15.5. The molecule has 25 heavy (non-hydrogen) atoms. The van der Waals surface area contributed by atoms with Crippen molar-refractivity contribution < 1.29 is 13.9 Å². The van der Waals surface area contributed by atoms with Gasteiger partial charge in [-0.15, -0.1) is 11.3 Å². The molecule has 3 heterocycles. The first-order valence-corrected chi connectivity index (χ1v) is 8.61. The van der Waals surface area contributed by atoms with E-state index in [0.29, 0.717) is 22.9 Å². The van der Waals surface area contributed by atoms with Gasteiger partial charge in [0, 0.05) is 11.6 Å². The number of nitrogens with zero attached hydrogens (tertiary/aromatic N) is 2. The molecule has 0 fully saturated rings. The van der Waals surface area contributed by atoms with Crippen molar-refractivity contribution in [3.63, 3.8) is 0 Å². The Balaban J connectivity index is 1.54. The average molecular weight is 350 g/mol. The van der Waals surface area contributed by atoms with Crippen molar-refractivity contribution in [3.05, 3.63) is 71.1 Å². The number of ether oxygens (including phenoxy) is 1. The summed E-state index contributed by atoms with van der Waals surface area (Å²) in [6.07, 6.45) is 1.70. The number of benzene rings is 1. The number of carbonyl (C=O) groups is 1. The number of oxazole rings is 1. The zero-order valence-electron chi connectivity index (χ0n) is 13.4. The molecule has 4 aromatic rings. The van der Waals surface area contributed by atoms with Crippen molar-refractivity contribution in [2.45, 2.75) is 13.5 Å². The quantitative estimate of drug-likeness (QED) is 0.503. The Labute approximate surface area is 147 Å². The Hall–Kier alpha value is -2.99. The molecule has 0 N–H and O–H groups in total. The molecule has 3 aromatic heterocycles. The fourth-order valence-corrected chi connectivity index (χ4v) is 3.21. The Morgan fingerprint density at radius 3 is 2.96 bits per heavy atom. The Kier molecular flexibility index (Phi) is 4.03. The molecule has 0 atom stereocenters. The van der Waals surface area contributed by atoms with E-state index in [9.17, 15) is 4.79 Å². The lowest BCUT2D eigenvalue weighted by atomic mass is 10.1. The third-order valence-electron chi connectivity index (χ3n) is 3.83. The molecular formula is C19H14N2O3S. The summed E-state index contributed by atoms with van der Waals surface area (Å²) in [5.74, 6) is 0.794. The van der Waals surface area contributed by atoms with Gasteiger partial charge in [0.25, 0.3) is 0 Å². The summed E-state index contributed by atoms with van der Waals surface area (Å²) in [4.78, 5) is 22.1. The predicted molar refractivity (Wildman–Crippen MR) is 95.4 cm³/mol. The van der Waals surface area contributed by atoms with Crippen LogP contribution in [0.15, 0.2) is 58.5 Å². The molecule has 0 aliphatic rings. The van der Waals surface area contributed by atoms with Crippen LogP contribution in [0, 0.1) is 6.92 Å². The van der Waals surface area contributed by atoms with E-state index in [4.69, 9.17) is 9.15 Å². The summed E-state index contributed by atoms with van der Waals surface area (Å²) >= 11 is 1.55. The second kappa shape index (κ2) is 6.49. The van der Waals surface area contributed by atoms with Gasteiger partial charge in [0.1, 0.15) is 18.1 Å². The van der Waals surface area contributed by atoms with Crippen LogP contribution in [0.25, 0.3) is 21.7 Å². The van der Waals surface area contributed by atoms with Crippen molar-refractivity contribution >= 4 is 28.2 Å². The molecule has 4 rings (SSSR count). The fourth-order valence-electron chi connectivity index (χ4n) is 2.56. The summed E-state index contributed by atoms with van der Waals surface area (Å²) in [5, 5.41) is 2.73. The molecule has 0 aliphatic carbocycles. The van der Waals surface area contributed by atoms with Crippen LogP contribution in [0.3, 0.4) is 0 Å². The molecular weight excluding hydrogens is 336 g/mol. The second-order valence-corrected chi connectivity index (χ2v) is 6.40. The van der Waals surface area contributed by atoms with E-state index in [-0.39, 0.29) is 6.61 Å². The number of hydrogen-bond donors (Lipinski definition) is 0. The van der Waals surface area contributed by atoms with Crippen LogP contribution in [0.5, 0.6) is 0 Å². The number of esters is 1. The SMILES string of the molecule is Cc1oc(-c2cccs2)nc1COC(=O)c1cccc2ncccc12. The summed E-state index contributed by atoms with van der Waals surface area (Å²) in [6.45, 7) is 1.88. The highest BCUT2D eigenvalue weighted by Crippen LogP contribution is 2.26. The summed E-state index contributed by atoms with van der Waals surface area (Å²) < 4.78 is 11.1. The standard InChI is InChI=1S/C19H14N2O3S/c1-12-16(21-18(24-12)17-8-4-10-25-17)11-23-19(22)14-5-2-7-15-13(14)6-3-9-20-15/h2-10H,11H2,1H3. The zero-order chi connectivity index (χ0) is 17.2. The van der Waals surface area contributed by atoms with Crippen molar-refractivity contribution in [1.82, 2.24) is 9.97 Å². The van der Waals surface area contributed by atoms with Crippen molar-refractivity contribution in [3.8, 4) is 10.8 Å². The van der Waals surface area contributed by atoms with E-state index in [1.165, 1.54) is 0 Å². The van der Waals surface area contributed by atoms with Crippen molar-refractivity contribution in [2.75, 3.05) is 0 Å². The lowest BCUT2D eigenvalue weighted by molar-refractivity contribution is 0.0469. The first-order chi connectivity index (χ1) is 12.2. The zero-order valence-corrected chi connectivity index (χ0v) is 14.2. The molecule has 0 radical (unpaired) electrons. The van der Waals surface area contributed by atoms with Gasteiger partial charge in [-0.1, -0.05) is 18.2 Å². The van der Waals surface area contributed by atoms with Gasteiger partial charge < -0.3 is 9.15 Å². The van der Waals surface area contributed by atoms with Crippen molar-refractivity contribution in [2.24, 2.45) is 0 Å². The van der Waals surface area contributed by atoms with Crippen LogP contribution in [-0.2, 0) is 11.3 Å². The van der Waals surface area contributed by atoms with Gasteiger partial charge in [0.15, 0.2) is 0 Å².